The molecule has 0 atom stereocenters. The lowest BCUT2D eigenvalue weighted by atomic mass is 10.00. The van der Waals surface area contributed by atoms with Gasteiger partial charge in [-0.15, -0.1) is 0 Å². The Hall–Kier alpha value is -1.80. The maximum atomic E-state index is 12.1. The number of amides is 1. The fraction of sp³-hybridized carbons (Fsp3) is 0.500. The van der Waals surface area contributed by atoms with Gasteiger partial charge in [-0.25, -0.2) is 4.98 Å². The van der Waals surface area contributed by atoms with Crippen molar-refractivity contribution in [2.24, 2.45) is 5.92 Å². The zero-order valence-electron chi connectivity index (χ0n) is 16.1. The van der Waals surface area contributed by atoms with Gasteiger partial charge < -0.3 is 24.8 Å². The number of aliphatic hydroxyl groups is 1. The van der Waals surface area contributed by atoms with E-state index in [0.717, 1.165) is 49.1 Å². The number of anilines is 1. The minimum absolute atomic E-state index is 0.311. The summed E-state index contributed by atoms with van der Waals surface area (Å²) in [5.41, 5.74) is 2.46. The lowest BCUT2D eigenvalue weighted by Gasteiger charge is -2.23. The summed E-state index contributed by atoms with van der Waals surface area (Å²) >= 11 is 12.9. The number of aliphatic hydroxyl groups excluding tert-OH is 1. The van der Waals surface area contributed by atoms with Gasteiger partial charge in [0.1, 0.15) is 23.2 Å². The third-order valence-corrected chi connectivity index (χ3v) is 6.49. The monoisotopic (exact) mass is 439 g/mol. The van der Waals surface area contributed by atoms with Crippen LogP contribution in [-0.2, 0) is 22.6 Å². The summed E-state index contributed by atoms with van der Waals surface area (Å²) in [6.07, 6.45) is 2.00. The first kappa shape index (κ1) is 20.5. The van der Waals surface area contributed by atoms with Crippen molar-refractivity contribution in [3.8, 4) is 5.75 Å². The number of hydrogen-bond donors (Lipinski definition) is 2. The first-order chi connectivity index (χ1) is 14.0. The van der Waals surface area contributed by atoms with Gasteiger partial charge in [-0.1, -0.05) is 23.2 Å². The number of rotatable bonds is 5. The lowest BCUT2D eigenvalue weighted by Crippen LogP contribution is -2.28. The second-order valence-corrected chi connectivity index (χ2v) is 8.12. The van der Waals surface area contributed by atoms with Crippen LogP contribution in [0.5, 0.6) is 5.75 Å². The summed E-state index contributed by atoms with van der Waals surface area (Å²) in [5, 5.41) is 14.2. The molecule has 1 aromatic carbocycles. The molecule has 1 amide bonds. The Balaban J connectivity index is 1.77. The maximum absolute atomic E-state index is 12.1. The Bertz CT molecular complexity index is 947. The van der Waals surface area contributed by atoms with E-state index in [2.05, 4.69) is 5.32 Å². The van der Waals surface area contributed by atoms with Gasteiger partial charge in [-0.2, -0.15) is 0 Å². The summed E-state index contributed by atoms with van der Waals surface area (Å²) < 4.78 is 10.8. The number of carbonyl (C=O) groups excluding carboxylic acids is 1. The molecule has 2 aromatic rings. The first-order valence-corrected chi connectivity index (χ1v) is 10.4. The van der Waals surface area contributed by atoms with Gasteiger partial charge >= 0.3 is 0 Å². The lowest BCUT2D eigenvalue weighted by molar-refractivity contribution is -0.134. The highest BCUT2D eigenvalue weighted by atomic mass is 35.5. The van der Waals surface area contributed by atoms with Crippen molar-refractivity contribution in [3.63, 3.8) is 0 Å². The molecule has 0 radical (unpaired) electrons. The van der Waals surface area contributed by atoms with Crippen molar-refractivity contribution in [1.29, 1.82) is 0 Å². The molecule has 156 valence electrons. The van der Waals surface area contributed by atoms with Crippen molar-refractivity contribution >= 4 is 45.8 Å². The summed E-state index contributed by atoms with van der Waals surface area (Å²) in [6.45, 7) is 2.55. The highest BCUT2D eigenvalue weighted by molar-refractivity contribution is 6.46. The zero-order valence-corrected chi connectivity index (χ0v) is 17.6. The Kier molecular flexibility index (Phi) is 6.01. The molecular weight excluding hydrogens is 417 g/mol. The first-order valence-electron chi connectivity index (χ1n) is 9.61. The molecule has 0 aliphatic carbocycles. The smallest absolute Gasteiger partial charge is 0.248 e. The number of hydrogen-bond acceptors (Lipinski definition) is 6. The third kappa shape index (κ3) is 3.84. The second-order valence-electron chi connectivity index (χ2n) is 7.37. The number of carbonyl (C=O) groups is 1. The van der Waals surface area contributed by atoms with Gasteiger partial charge in [-0.05, 0) is 30.4 Å². The van der Waals surface area contributed by atoms with Gasteiger partial charge in [0, 0.05) is 37.3 Å². The van der Waals surface area contributed by atoms with E-state index in [1.165, 1.54) is 7.11 Å². The molecule has 2 aliphatic rings. The van der Waals surface area contributed by atoms with E-state index >= 15 is 0 Å². The fourth-order valence-corrected chi connectivity index (χ4v) is 4.43. The SMILES string of the molecule is COc1cc2c3c(c(NCC4CCOCC4)nc2c(Cl)c1Cl)CN(C(=O)CO)C3. The zero-order chi connectivity index (χ0) is 20.5. The van der Waals surface area contributed by atoms with E-state index in [-0.39, 0.29) is 5.91 Å². The Morgan fingerprint density at radius 2 is 2.03 bits per heavy atom. The third-order valence-electron chi connectivity index (χ3n) is 5.65. The molecule has 1 saturated heterocycles. The predicted molar refractivity (Wildman–Crippen MR) is 112 cm³/mol. The summed E-state index contributed by atoms with van der Waals surface area (Å²) in [5.74, 6) is 1.35. The maximum Gasteiger partial charge on any atom is 0.248 e. The molecule has 0 bridgehead atoms. The largest absolute Gasteiger partial charge is 0.495 e. The van der Waals surface area contributed by atoms with Crippen LogP contribution in [0.1, 0.15) is 24.0 Å². The minimum atomic E-state index is -0.528. The highest BCUT2D eigenvalue weighted by Gasteiger charge is 2.30. The van der Waals surface area contributed by atoms with Crippen molar-refractivity contribution in [3.05, 3.63) is 27.2 Å². The van der Waals surface area contributed by atoms with Gasteiger partial charge in [0.15, 0.2) is 0 Å². The van der Waals surface area contributed by atoms with Crippen LogP contribution in [0, 0.1) is 5.92 Å². The fourth-order valence-electron chi connectivity index (χ4n) is 3.97. The Labute approximate surface area is 178 Å². The quantitative estimate of drug-likeness (QED) is 0.743. The molecule has 0 spiro atoms. The number of ether oxygens (including phenoxy) is 2. The minimum Gasteiger partial charge on any atom is -0.495 e. The molecule has 2 aliphatic heterocycles. The van der Waals surface area contributed by atoms with E-state index < -0.39 is 6.61 Å². The molecule has 9 heteroatoms. The molecule has 4 rings (SSSR count). The van der Waals surface area contributed by atoms with E-state index in [1.807, 2.05) is 6.07 Å². The predicted octanol–water partition coefficient (Wildman–Crippen LogP) is 3.22. The number of benzene rings is 1. The molecule has 1 aromatic heterocycles. The molecule has 7 nitrogen and oxygen atoms in total. The van der Waals surface area contributed by atoms with Gasteiger partial charge in [0.25, 0.3) is 0 Å². The summed E-state index contributed by atoms with van der Waals surface area (Å²) in [7, 11) is 1.53. The topological polar surface area (TPSA) is 83.9 Å². The van der Waals surface area contributed by atoms with Crippen LogP contribution in [0.3, 0.4) is 0 Å². The van der Waals surface area contributed by atoms with Crippen LogP contribution in [-0.4, -0.2) is 54.4 Å². The Morgan fingerprint density at radius 3 is 2.72 bits per heavy atom. The van der Waals surface area contributed by atoms with E-state index in [1.54, 1.807) is 4.90 Å². The molecule has 3 heterocycles. The molecule has 2 N–H and O–H groups in total. The number of halogens is 2. The number of methoxy groups -OCH3 is 1. The summed E-state index contributed by atoms with van der Waals surface area (Å²) in [6, 6.07) is 1.81. The highest BCUT2D eigenvalue weighted by Crippen LogP contribution is 2.43. The average molecular weight is 440 g/mol. The van der Waals surface area contributed by atoms with Crippen molar-refractivity contribution in [1.82, 2.24) is 9.88 Å². The number of aromatic nitrogens is 1. The van der Waals surface area contributed by atoms with Crippen LogP contribution in [0.15, 0.2) is 6.07 Å². The van der Waals surface area contributed by atoms with Crippen LogP contribution < -0.4 is 10.1 Å². The molecule has 0 saturated carbocycles. The number of nitrogens with zero attached hydrogens (tertiary/aromatic N) is 2. The number of nitrogens with one attached hydrogen (secondary N) is 1. The Morgan fingerprint density at radius 1 is 1.31 bits per heavy atom. The second kappa shape index (κ2) is 8.52. The van der Waals surface area contributed by atoms with Crippen LogP contribution in [0.4, 0.5) is 5.82 Å². The van der Waals surface area contributed by atoms with Crippen LogP contribution in [0.25, 0.3) is 10.9 Å². The van der Waals surface area contributed by atoms with Crippen molar-refractivity contribution < 1.29 is 19.4 Å². The normalized spacial score (nSPS) is 16.9. The van der Waals surface area contributed by atoms with E-state index in [4.69, 9.17) is 37.7 Å². The van der Waals surface area contributed by atoms with Crippen LogP contribution in [0.2, 0.25) is 10.0 Å². The molecular formula is C20H23Cl2N3O4. The molecule has 0 unspecified atom stereocenters. The van der Waals surface area contributed by atoms with Gasteiger partial charge in [0.05, 0.1) is 24.2 Å². The van der Waals surface area contributed by atoms with Crippen molar-refractivity contribution in [2.75, 3.05) is 38.8 Å². The molecule has 1 fully saturated rings. The number of pyridine rings is 1. The van der Waals surface area contributed by atoms with E-state index in [0.29, 0.717) is 46.1 Å². The van der Waals surface area contributed by atoms with Crippen LogP contribution >= 0.6 is 23.2 Å². The van der Waals surface area contributed by atoms with Crippen molar-refractivity contribution in [2.45, 2.75) is 25.9 Å². The number of fused-ring (bicyclic) bond motifs is 3. The standard InChI is InChI=1S/C20H23Cl2N3O4/c1-28-15-6-12-13-8-25(16(27)10-26)9-14(13)20(24-19(12)18(22)17(15)21)23-7-11-2-4-29-5-3-11/h6,11,26H,2-5,7-10H2,1H3,(H,23,24). The summed E-state index contributed by atoms with van der Waals surface area (Å²) in [4.78, 5) is 18.5. The molecule has 29 heavy (non-hydrogen) atoms. The van der Waals surface area contributed by atoms with Gasteiger partial charge in [-0.3, -0.25) is 4.79 Å². The van der Waals surface area contributed by atoms with Gasteiger partial charge in [0.2, 0.25) is 5.91 Å². The van der Waals surface area contributed by atoms with E-state index in [9.17, 15) is 9.90 Å². The average Bonchev–Trinajstić information content (AvgIpc) is 3.20.